The number of aliphatic imine (C=N–C) groups is 1. The molecule has 0 radical (unpaired) electrons. The molecule has 0 saturated carbocycles. The van der Waals surface area contributed by atoms with Gasteiger partial charge in [0.25, 0.3) is 0 Å². The summed E-state index contributed by atoms with van der Waals surface area (Å²) in [7, 11) is 1.98. The van der Waals surface area contributed by atoms with Gasteiger partial charge < -0.3 is 10.3 Å². The van der Waals surface area contributed by atoms with Gasteiger partial charge in [-0.1, -0.05) is 13.8 Å². The molecule has 0 unspecified atom stereocenters. The van der Waals surface area contributed by atoms with Crippen LogP contribution in [0.3, 0.4) is 0 Å². The average molecular weight is 179 g/mol. The van der Waals surface area contributed by atoms with Crippen LogP contribution in [-0.2, 0) is 7.05 Å². The number of hydrogen-bond acceptors (Lipinski definition) is 1. The molecule has 72 valence electrons. The largest absolute Gasteiger partial charge is 0.387 e. The Morgan fingerprint density at radius 1 is 1.54 bits per heavy atom. The maximum absolute atomic E-state index is 5.56. The summed E-state index contributed by atoms with van der Waals surface area (Å²) in [6, 6.07) is 2.09. The van der Waals surface area contributed by atoms with Crippen LogP contribution in [0.5, 0.6) is 0 Å². The Hall–Kier alpha value is -1.25. The summed E-state index contributed by atoms with van der Waals surface area (Å²) >= 11 is 0. The summed E-state index contributed by atoms with van der Waals surface area (Å²) < 4.78 is 1.99. The second-order valence-electron chi connectivity index (χ2n) is 3.61. The SMILES string of the molecule is C/C(N)=N\c1c(C(C)C)ccn1C. The van der Waals surface area contributed by atoms with Gasteiger partial charge in [0.15, 0.2) is 0 Å². The third-order valence-electron chi connectivity index (χ3n) is 1.97. The van der Waals surface area contributed by atoms with E-state index in [1.165, 1.54) is 5.56 Å². The smallest absolute Gasteiger partial charge is 0.137 e. The van der Waals surface area contributed by atoms with Crippen molar-refractivity contribution in [2.75, 3.05) is 0 Å². The van der Waals surface area contributed by atoms with Crippen molar-refractivity contribution in [3.05, 3.63) is 17.8 Å². The standard InChI is InChI=1S/C10H17N3/c1-7(2)9-5-6-13(4)10(9)12-8(3)11/h5-7H,1-4H3,(H2,11,12). The van der Waals surface area contributed by atoms with E-state index in [1.54, 1.807) is 6.92 Å². The Bertz CT molecular complexity index is 317. The molecule has 0 saturated heterocycles. The Morgan fingerprint density at radius 3 is 2.62 bits per heavy atom. The third kappa shape index (κ3) is 2.11. The predicted molar refractivity (Wildman–Crippen MR) is 56.5 cm³/mol. The Kier molecular flexibility index (Phi) is 2.76. The van der Waals surface area contributed by atoms with Crippen LogP contribution in [0.25, 0.3) is 0 Å². The quantitative estimate of drug-likeness (QED) is 0.548. The predicted octanol–water partition coefficient (Wildman–Crippen LogP) is 2.16. The summed E-state index contributed by atoms with van der Waals surface area (Å²) in [5, 5.41) is 0. The Balaban J connectivity index is 3.16. The molecule has 3 heteroatoms. The van der Waals surface area contributed by atoms with Gasteiger partial charge in [0, 0.05) is 13.2 Å². The molecule has 0 atom stereocenters. The van der Waals surface area contributed by atoms with Crippen LogP contribution in [0, 0.1) is 0 Å². The number of aryl methyl sites for hydroxylation is 1. The minimum Gasteiger partial charge on any atom is -0.387 e. The minimum atomic E-state index is 0.485. The van der Waals surface area contributed by atoms with Gasteiger partial charge in [-0.15, -0.1) is 0 Å². The number of nitrogens with zero attached hydrogens (tertiary/aromatic N) is 2. The molecule has 0 aliphatic carbocycles. The molecule has 0 spiro atoms. The highest BCUT2D eigenvalue weighted by molar-refractivity contribution is 5.80. The monoisotopic (exact) mass is 179 g/mol. The number of rotatable bonds is 2. The van der Waals surface area contributed by atoms with Gasteiger partial charge in [0.1, 0.15) is 5.82 Å². The maximum Gasteiger partial charge on any atom is 0.137 e. The van der Waals surface area contributed by atoms with Gasteiger partial charge in [-0.2, -0.15) is 0 Å². The highest BCUT2D eigenvalue weighted by atomic mass is 15.1. The van der Waals surface area contributed by atoms with Crippen LogP contribution in [-0.4, -0.2) is 10.4 Å². The highest BCUT2D eigenvalue weighted by Crippen LogP contribution is 2.26. The summed E-state index contributed by atoms with van der Waals surface area (Å²) in [6.45, 7) is 6.11. The first-order chi connectivity index (χ1) is 6.02. The molecule has 0 aliphatic heterocycles. The first-order valence-corrected chi connectivity index (χ1v) is 4.48. The third-order valence-corrected chi connectivity index (χ3v) is 1.97. The van der Waals surface area contributed by atoms with Gasteiger partial charge in [-0.3, -0.25) is 0 Å². The summed E-state index contributed by atoms with van der Waals surface area (Å²) in [5.41, 5.74) is 6.80. The molecular formula is C10H17N3. The lowest BCUT2D eigenvalue weighted by Crippen LogP contribution is -2.05. The van der Waals surface area contributed by atoms with Gasteiger partial charge in [0.05, 0.1) is 5.84 Å². The lowest BCUT2D eigenvalue weighted by Gasteiger charge is -2.05. The molecule has 0 bridgehead atoms. The molecule has 1 rings (SSSR count). The van der Waals surface area contributed by atoms with E-state index in [2.05, 4.69) is 24.9 Å². The van der Waals surface area contributed by atoms with Crippen molar-refractivity contribution in [3.8, 4) is 0 Å². The van der Waals surface area contributed by atoms with E-state index in [0.29, 0.717) is 11.8 Å². The zero-order valence-corrected chi connectivity index (χ0v) is 8.70. The van der Waals surface area contributed by atoms with E-state index in [9.17, 15) is 0 Å². The molecule has 1 aromatic heterocycles. The van der Waals surface area contributed by atoms with Gasteiger partial charge >= 0.3 is 0 Å². The van der Waals surface area contributed by atoms with Crippen molar-refractivity contribution in [2.45, 2.75) is 26.7 Å². The Morgan fingerprint density at radius 2 is 2.15 bits per heavy atom. The van der Waals surface area contributed by atoms with Crippen molar-refractivity contribution in [1.82, 2.24) is 4.57 Å². The molecule has 0 fully saturated rings. The van der Waals surface area contributed by atoms with Crippen LogP contribution >= 0.6 is 0 Å². The first kappa shape index (κ1) is 9.84. The van der Waals surface area contributed by atoms with Gasteiger partial charge in [0.2, 0.25) is 0 Å². The van der Waals surface area contributed by atoms with E-state index in [-0.39, 0.29) is 0 Å². The molecule has 13 heavy (non-hydrogen) atoms. The van der Waals surface area contributed by atoms with Crippen molar-refractivity contribution in [1.29, 1.82) is 0 Å². The highest BCUT2D eigenvalue weighted by Gasteiger charge is 2.08. The molecule has 3 nitrogen and oxygen atoms in total. The van der Waals surface area contributed by atoms with E-state index in [0.717, 1.165) is 5.82 Å². The molecular weight excluding hydrogens is 162 g/mol. The average Bonchev–Trinajstić information content (AvgIpc) is 2.32. The fourth-order valence-electron chi connectivity index (χ4n) is 1.30. The fraction of sp³-hybridized carbons (Fsp3) is 0.500. The topological polar surface area (TPSA) is 43.3 Å². The van der Waals surface area contributed by atoms with Crippen LogP contribution in [0.1, 0.15) is 32.3 Å². The summed E-state index contributed by atoms with van der Waals surface area (Å²) in [4.78, 5) is 4.30. The zero-order valence-electron chi connectivity index (χ0n) is 8.70. The van der Waals surface area contributed by atoms with Crippen LogP contribution in [0.2, 0.25) is 0 Å². The second kappa shape index (κ2) is 3.64. The number of aromatic nitrogens is 1. The molecule has 0 aromatic carbocycles. The fourth-order valence-corrected chi connectivity index (χ4v) is 1.30. The minimum absolute atomic E-state index is 0.485. The number of amidine groups is 1. The molecule has 0 aliphatic rings. The Labute approximate surface area is 79.3 Å². The molecule has 2 N–H and O–H groups in total. The molecule has 0 amide bonds. The maximum atomic E-state index is 5.56. The summed E-state index contributed by atoms with van der Waals surface area (Å²) in [6.07, 6.45) is 2.01. The van der Waals surface area contributed by atoms with Crippen molar-refractivity contribution in [3.63, 3.8) is 0 Å². The van der Waals surface area contributed by atoms with E-state index < -0.39 is 0 Å². The number of nitrogens with two attached hydrogens (primary N) is 1. The number of hydrogen-bond donors (Lipinski definition) is 1. The van der Waals surface area contributed by atoms with Crippen molar-refractivity contribution in [2.24, 2.45) is 17.8 Å². The van der Waals surface area contributed by atoms with Crippen LogP contribution < -0.4 is 5.73 Å². The first-order valence-electron chi connectivity index (χ1n) is 4.48. The van der Waals surface area contributed by atoms with E-state index >= 15 is 0 Å². The van der Waals surface area contributed by atoms with Crippen LogP contribution in [0.4, 0.5) is 5.82 Å². The lowest BCUT2D eigenvalue weighted by atomic mass is 10.1. The summed E-state index contributed by atoms with van der Waals surface area (Å²) in [5.74, 6) is 2.05. The van der Waals surface area contributed by atoms with E-state index in [1.807, 2.05) is 17.8 Å². The van der Waals surface area contributed by atoms with Gasteiger partial charge in [-0.05, 0) is 24.5 Å². The van der Waals surface area contributed by atoms with E-state index in [4.69, 9.17) is 5.73 Å². The van der Waals surface area contributed by atoms with Crippen molar-refractivity contribution < 1.29 is 0 Å². The normalized spacial score (nSPS) is 12.5. The lowest BCUT2D eigenvalue weighted by molar-refractivity contribution is 0.850. The molecule has 1 heterocycles. The molecule has 1 aromatic rings. The zero-order chi connectivity index (χ0) is 10.0. The second-order valence-corrected chi connectivity index (χ2v) is 3.61. The van der Waals surface area contributed by atoms with Crippen LogP contribution in [0.15, 0.2) is 17.3 Å². The van der Waals surface area contributed by atoms with Crippen molar-refractivity contribution >= 4 is 11.7 Å². The van der Waals surface area contributed by atoms with Gasteiger partial charge in [-0.25, -0.2) is 4.99 Å².